The van der Waals surface area contributed by atoms with E-state index in [4.69, 9.17) is 0 Å². The summed E-state index contributed by atoms with van der Waals surface area (Å²) in [5.74, 6) is 0.247. The Morgan fingerprint density at radius 3 is 2.67 bits per heavy atom. The molecule has 0 saturated heterocycles. The molecule has 0 aromatic carbocycles. The molecule has 0 saturated carbocycles. The molecule has 24 heavy (non-hydrogen) atoms. The molecule has 3 aromatic rings. The number of hydrogen-bond acceptors (Lipinski definition) is 4. The summed E-state index contributed by atoms with van der Waals surface area (Å²) in [5, 5.41) is 2.64. The first-order valence-corrected chi connectivity index (χ1v) is 7.43. The SMILES string of the molecule is CC(=O)Nc1cc(-c2cc(-c3cccnc3C)[nH]c(=O)c2)ccn1. The molecular formula is C18H16N4O2. The Labute approximate surface area is 138 Å². The average molecular weight is 320 g/mol. The Morgan fingerprint density at radius 1 is 1.08 bits per heavy atom. The zero-order chi connectivity index (χ0) is 17.1. The fraction of sp³-hybridized carbons (Fsp3) is 0.111. The lowest BCUT2D eigenvalue weighted by atomic mass is 10.0. The molecule has 0 bridgehead atoms. The number of anilines is 1. The second kappa shape index (κ2) is 6.45. The summed E-state index contributed by atoms with van der Waals surface area (Å²) in [5.41, 5.74) is 3.73. The molecule has 0 radical (unpaired) electrons. The first-order valence-electron chi connectivity index (χ1n) is 7.43. The molecule has 3 aromatic heterocycles. The minimum Gasteiger partial charge on any atom is -0.322 e. The molecule has 0 spiro atoms. The number of aromatic nitrogens is 3. The lowest BCUT2D eigenvalue weighted by molar-refractivity contribution is -0.114. The van der Waals surface area contributed by atoms with Crippen LogP contribution >= 0.6 is 0 Å². The van der Waals surface area contributed by atoms with E-state index in [1.807, 2.05) is 25.1 Å². The fourth-order valence-corrected chi connectivity index (χ4v) is 2.48. The molecule has 2 N–H and O–H groups in total. The van der Waals surface area contributed by atoms with Crippen molar-refractivity contribution in [3.05, 3.63) is 64.8 Å². The van der Waals surface area contributed by atoms with Gasteiger partial charge < -0.3 is 10.3 Å². The van der Waals surface area contributed by atoms with Gasteiger partial charge in [0.1, 0.15) is 5.82 Å². The quantitative estimate of drug-likeness (QED) is 0.777. The first-order chi connectivity index (χ1) is 11.5. The van der Waals surface area contributed by atoms with E-state index in [1.165, 1.54) is 13.0 Å². The smallest absolute Gasteiger partial charge is 0.249 e. The molecule has 6 nitrogen and oxygen atoms in total. The minimum atomic E-state index is -0.205. The van der Waals surface area contributed by atoms with Crippen molar-refractivity contribution in [2.45, 2.75) is 13.8 Å². The number of carbonyl (C=O) groups is 1. The summed E-state index contributed by atoms with van der Waals surface area (Å²) in [7, 11) is 0. The molecule has 1 amide bonds. The maximum Gasteiger partial charge on any atom is 0.249 e. The predicted molar refractivity (Wildman–Crippen MR) is 92.6 cm³/mol. The monoisotopic (exact) mass is 320 g/mol. The van der Waals surface area contributed by atoms with Gasteiger partial charge in [-0.25, -0.2) is 4.98 Å². The third-order valence-electron chi connectivity index (χ3n) is 3.54. The Balaban J connectivity index is 2.08. The molecule has 3 heterocycles. The third-order valence-corrected chi connectivity index (χ3v) is 3.54. The zero-order valence-electron chi connectivity index (χ0n) is 13.3. The van der Waals surface area contributed by atoms with E-state index in [9.17, 15) is 9.59 Å². The summed E-state index contributed by atoms with van der Waals surface area (Å²) < 4.78 is 0. The van der Waals surface area contributed by atoms with Crippen molar-refractivity contribution in [2.75, 3.05) is 5.32 Å². The van der Waals surface area contributed by atoms with E-state index in [-0.39, 0.29) is 11.5 Å². The second-order valence-electron chi connectivity index (χ2n) is 5.39. The number of H-pyrrole nitrogens is 1. The Bertz CT molecular complexity index is 963. The molecule has 0 fully saturated rings. The molecule has 3 rings (SSSR count). The highest BCUT2D eigenvalue weighted by molar-refractivity contribution is 5.88. The van der Waals surface area contributed by atoms with E-state index in [0.29, 0.717) is 11.5 Å². The van der Waals surface area contributed by atoms with E-state index in [0.717, 1.165) is 22.4 Å². The Hall–Kier alpha value is -3.28. The molecule has 120 valence electrons. The predicted octanol–water partition coefficient (Wildman–Crippen LogP) is 2.77. The molecule has 0 atom stereocenters. The van der Waals surface area contributed by atoms with Crippen LogP contribution in [0.25, 0.3) is 22.4 Å². The van der Waals surface area contributed by atoms with E-state index in [2.05, 4.69) is 20.3 Å². The largest absolute Gasteiger partial charge is 0.322 e. The zero-order valence-corrected chi connectivity index (χ0v) is 13.3. The molecule has 0 aliphatic carbocycles. The molecule has 6 heteroatoms. The molecule has 0 unspecified atom stereocenters. The number of pyridine rings is 3. The van der Waals surface area contributed by atoms with Gasteiger partial charge in [-0.15, -0.1) is 0 Å². The number of rotatable bonds is 3. The summed E-state index contributed by atoms with van der Waals surface area (Å²) >= 11 is 0. The van der Waals surface area contributed by atoms with Crippen molar-refractivity contribution in [3.63, 3.8) is 0 Å². The van der Waals surface area contributed by atoms with Crippen LogP contribution in [0.3, 0.4) is 0 Å². The van der Waals surface area contributed by atoms with E-state index in [1.54, 1.807) is 24.5 Å². The average Bonchev–Trinajstić information content (AvgIpc) is 2.54. The molecular weight excluding hydrogens is 304 g/mol. The minimum absolute atomic E-state index is 0.197. The van der Waals surface area contributed by atoms with Crippen LogP contribution in [0, 0.1) is 6.92 Å². The van der Waals surface area contributed by atoms with Crippen molar-refractivity contribution in [3.8, 4) is 22.4 Å². The summed E-state index contributed by atoms with van der Waals surface area (Å²) in [6, 6.07) is 10.7. The van der Waals surface area contributed by atoms with Crippen LogP contribution in [-0.4, -0.2) is 20.9 Å². The number of hydrogen-bond donors (Lipinski definition) is 2. The van der Waals surface area contributed by atoms with Gasteiger partial charge in [0.2, 0.25) is 11.5 Å². The van der Waals surface area contributed by atoms with Gasteiger partial charge in [0.25, 0.3) is 0 Å². The van der Waals surface area contributed by atoms with Gasteiger partial charge in [-0.2, -0.15) is 0 Å². The van der Waals surface area contributed by atoms with E-state index >= 15 is 0 Å². The van der Waals surface area contributed by atoms with Gasteiger partial charge >= 0.3 is 0 Å². The second-order valence-corrected chi connectivity index (χ2v) is 5.39. The third kappa shape index (κ3) is 3.38. The van der Waals surface area contributed by atoms with Crippen LogP contribution in [0.1, 0.15) is 12.6 Å². The number of amides is 1. The highest BCUT2D eigenvalue weighted by Gasteiger charge is 2.08. The molecule has 0 aliphatic rings. The number of aryl methyl sites for hydroxylation is 1. The van der Waals surface area contributed by atoms with Gasteiger partial charge in [0.05, 0.1) is 5.69 Å². The fourth-order valence-electron chi connectivity index (χ4n) is 2.48. The van der Waals surface area contributed by atoms with Gasteiger partial charge in [0, 0.05) is 36.6 Å². The standard InChI is InChI=1S/C18H16N4O2/c1-11-15(4-3-6-19-11)16-8-14(10-18(24)22-16)13-5-7-20-17(9-13)21-12(2)23/h3-10H,1-2H3,(H,22,24)(H,20,21,23). The number of carbonyl (C=O) groups excluding carboxylic acids is 1. The van der Waals surface area contributed by atoms with Crippen molar-refractivity contribution in [2.24, 2.45) is 0 Å². The van der Waals surface area contributed by atoms with Gasteiger partial charge in [0.15, 0.2) is 0 Å². The van der Waals surface area contributed by atoms with Crippen LogP contribution in [0.2, 0.25) is 0 Å². The van der Waals surface area contributed by atoms with Crippen LogP contribution in [0.5, 0.6) is 0 Å². The van der Waals surface area contributed by atoms with Gasteiger partial charge in [-0.1, -0.05) is 0 Å². The number of nitrogens with zero attached hydrogens (tertiary/aromatic N) is 2. The number of nitrogens with one attached hydrogen (secondary N) is 2. The summed E-state index contributed by atoms with van der Waals surface area (Å²) in [6.45, 7) is 3.31. The summed E-state index contributed by atoms with van der Waals surface area (Å²) in [4.78, 5) is 34.4. The van der Waals surface area contributed by atoms with Crippen LogP contribution in [0.15, 0.2) is 53.6 Å². The number of aromatic amines is 1. The Morgan fingerprint density at radius 2 is 1.92 bits per heavy atom. The maximum atomic E-state index is 12.1. The highest BCUT2D eigenvalue weighted by Crippen LogP contribution is 2.25. The molecule has 0 aliphatic heterocycles. The van der Waals surface area contributed by atoms with Crippen LogP contribution in [-0.2, 0) is 4.79 Å². The van der Waals surface area contributed by atoms with Gasteiger partial charge in [-0.05, 0) is 48.4 Å². The first kappa shape index (κ1) is 15.6. The Kier molecular flexibility index (Phi) is 4.20. The van der Waals surface area contributed by atoms with E-state index < -0.39 is 0 Å². The topological polar surface area (TPSA) is 87.7 Å². The lowest BCUT2D eigenvalue weighted by Crippen LogP contribution is -2.08. The van der Waals surface area contributed by atoms with Crippen molar-refractivity contribution >= 4 is 11.7 Å². The van der Waals surface area contributed by atoms with Crippen LogP contribution < -0.4 is 10.9 Å². The van der Waals surface area contributed by atoms with Gasteiger partial charge in [-0.3, -0.25) is 14.6 Å². The lowest BCUT2D eigenvalue weighted by Gasteiger charge is -2.09. The van der Waals surface area contributed by atoms with Crippen molar-refractivity contribution in [1.82, 2.24) is 15.0 Å². The normalized spacial score (nSPS) is 10.4. The maximum absolute atomic E-state index is 12.1. The van der Waals surface area contributed by atoms with Crippen LogP contribution in [0.4, 0.5) is 5.82 Å². The van der Waals surface area contributed by atoms with Crippen molar-refractivity contribution in [1.29, 1.82) is 0 Å². The van der Waals surface area contributed by atoms with Crippen molar-refractivity contribution < 1.29 is 4.79 Å². The highest BCUT2D eigenvalue weighted by atomic mass is 16.1. The summed E-state index contributed by atoms with van der Waals surface area (Å²) in [6.07, 6.45) is 3.31.